The van der Waals surface area contributed by atoms with Gasteiger partial charge in [0.2, 0.25) is 5.89 Å². The number of rotatable bonds is 9. The summed E-state index contributed by atoms with van der Waals surface area (Å²) in [7, 11) is 3.23. The Hall–Kier alpha value is -3.43. The van der Waals surface area contributed by atoms with Crippen molar-refractivity contribution >= 4 is 5.91 Å². The van der Waals surface area contributed by atoms with E-state index in [0.29, 0.717) is 57.6 Å². The molecule has 0 bridgehead atoms. The fourth-order valence-electron chi connectivity index (χ4n) is 3.86. The second-order valence-corrected chi connectivity index (χ2v) is 7.98. The molecule has 2 aromatic carbocycles. The molecule has 8 nitrogen and oxygen atoms in total. The highest BCUT2D eigenvalue weighted by Crippen LogP contribution is 2.26. The van der Waals surface area contributed by atoms with Gasteiger partial charge < -0.3 is 23.5 Å². The number of morpholine rings is 1. The summed E-state index contributed by atoms with van der Waals surface area (Å²) in [5.74, 6) is 1.40. The van der Waals surface area contributed by atoms with Gasteiger partial charge >= 0.3 is 0 Å². The molecule has 0 radical (unpaired) electrons. The van der Waals surface area contributed by atoms with Crippen molar-refractivity contribution in [2.75, 3.05) is 40.5 Å². The number of hydrogen-bond donors (Lipinski definition) is 0. The van der Waals surface area contributed by atoms with Crippen LogP contribution in [0.1, 0.15) is 27.5 Å². The molecule has 1 aliphatic rings. The van der Waals surface area contributed by atoms with E-state index in [1.165, 1.54) is 18.4 Å². The van der Waals surface area contributed by atoms with Crippen molar-refractivity contribution < 1.29 is 27.8 Å². The van der Waals surface area contributed by atoms with Crippen LogP contribution in [0, 0.1) is 5.82 Å². The number of methoxy groups -OCH3 is 2. The number of halogens is 1. The van der Waals surface area contributed by atoms with E-state index < -0.39 is 0 Å². The van der Waals surface area contributed by atoms with Crippen molar-refractivity contribution in [3.8, 4) is 11.5 Å². The standard InChI is InChI=1S/C25H28FN3O5/c1-31-21-7-8-23(32-2)19(13-21)15-28(14-18-3-5-20(26)6-4-18)16-24-27-22(17-34-24)25(30)29-9-11-33-12-10-29/h3-8,13,17H,9-12,14-16H2,1-2H3. The molecule has 0 atom stereocenters. The Kier molecular flexibility index (Phi) is 7.76. The minimum Gasteiger partial charge on any atom is -0.497 e. The number of aromatic nitrogens is 1. The molecule has 1 fully saturated rings. The van der Waals surface area contributed by atoms with Gasteiger partial charge in [-0.2, -0.15) is 0 Å². The van der Waals surface area contributed by atoms with Gasteiger partial charge in [-0.15, -0.1) is 0 Å². The second-order valence-electron chi connectivity index (χ2n) is 7.98. The molecule has 1 saturated heterocycles. The molecule has 2 heterocycles. The zero-order valence-electron chi connectivity index (χ0n) is 19.3. The number of ether oxygens (including phenoxy) is 3. The van der Waals surface area contributed by atoms with Gasteiger partial charge in [-0.3, -0.25) is 9.69 Å². The molecule has 3 aromatic rings. The molecule has 180 valence electrons. The molecule has 0 saturated carbocycles. The summed E-state index contributed by atoms with van der Waals surface area (Å²) in [5.41, 5.74) is 2.12. The molecule has 1 aromatic heterocycles. The number of nitrogens with zero attached hydrogens (tertiary/aromatic N) is 3. The molecule has 0 N–H and O–H groups in total. The Morgan fingerprint density at radius 2 is 1.82 bits per heavy atom. The lowest BCUT2D eigenvalue weighted by Gasteiger charge is -2.25. The molecule has 1 amide bonds. The fraction of sp³-hybridized carbons (Fsp3) is 0.360. The van der Waals surface area contributed by atoms with Crippen LogP contribution in [-0.4, -0.2) is 61.2 Å². The first-order valence-corrected chi connectivity index (χ1v) is 11.0. The Morgan fingerprint density at radius 1 is 1.06 bits per heavy atom. The van der Waals surface area contributed by atoms with E-state index in [-0.39, 0.29) is 17.4 Å². The Balaban J connectivity index is 1.54. The Labute approximate surface area is 197 Å². The normalized spacial score (nSPS) is 13.8. The number of carbonyl (C=O) groups is 1. The quantitative estimate of drug-likeness (QED) is 0.475. The largest absolute Gasteiger partial charge is 0.497 e. The van der Waals surface area contributed by atoms with E-state index >= 15 is 0 Å². The van der Waals surface area contributed by atoms with Crippen LogP contribution in [0.4, 0.5) is 4.39 Å². The molecule has 4 rings (SSSR count). The van der Waals surface area contributed by atoms with Crippen molar-refractivity contribution in [3.63, 3.8) is 0 Å². The summed E-state index contributed by atoms with van der Waals surface area (Å²) in [6, 6.07) is 12.0. The van der Waals surface area contributed by atoms with E-state index in [2.05, 4.69) is 9.88 Å². The maximum Gasteiger partial charge on any atom is 0.275 e. The van der Waals surface area contributed by atoms with Gasteiger partial charge in [-0.25, -0.2) is 9.37 Å². The Bertz CT molecular complexity index is 1100. The van der Waals surface area contributed by atoms with Gasteiger partial charge in [0.1, 0.15) is 23.6 Å². The first-order chi connectivity index (χ1) is 16.6. The highest BCUT2D eigenvalue weighted by Gasteiger charge is 2.23. The number of carbonyl (C=O) groups excluding carboxylic acids is 1. The lowest BCUT2D eigenvalue weighted by molar-refractivity contribution is 0.0299. The van der Waals surface area contributed by atoms with Crippen LogP contribution in [0.15, 0.2) is 53.1 Å². The third kappa shape index (κ3) is 5.92. The van der Waals surface area contributed by atoms with Gasteiger partial charge in [0.15, 0.2) is 5.69 Å². The molecule has 1 aliphatic heterocycles. The first-order valence-electron chi connectivity index (χ1n) is 11.0. The van der Waals surface area contributed by atoms with Crippen molar-refractivity contribution in [1.29, 1.82) is 0 Å². The summed E-state index contributed by atoms with van der Waals surface area (Å²) in [5, 5.41) is 0. The van der Waals surface area contributed by atoms with Crippen LogP contribution >= 0.6 is 0 Å². The molecule has 0 aliphatic carbocycles. The van der Waals surface area contributed by atoms with E-state index in [1.807, 2.05) is 18.2 Å². The number of hydrogen-bond acceptors (Lipinski definition) is 7. The van der Waals surface area contributed by atoms with Crippen LogP contribution < -0.4 is 9.47 Å². The Morgan fingerprint density at radius 3 is 2.53 bits per heavy atom. The van der Waals surface area contributed by atoms with Gasteiger partial charge in [0, 0.05) is 31.7 Å². The molecule has 9 heteroatoms. The summed E-state index contributed by atoms with van der Waals surface area (Å²) in [6.45, 7) is 3.45. The summed E-state index contributed by atoms with van der Waals surface area (Å²) in [4.78, 5) is 21.0. The van der Waals surface area contributed by atoms with Crippen molar-refractivity contribution in [3.05, 3.63) is 77.3 Å². The third-order valence-corrected chi connectivity index (χ3v) is 5.63. The highest BCUT2D eigenvalue weighted by atomic mass is 19.1. The monoisotopic (exact) mass is 469 g/mol. The number of oxazole rings is 1. The molecule has 0 unspecified atom stereocenters. The van der Waals surface area contributed by atoms with Gasteiger partial charge in [-0.05, 0) is 35.9 Å². The summed E-state index contributed by atoms with van der Waals surface area (Å²) in [6.07, 6.45) is 1.40. The van der Waals surface area contributed by atoms with Crippen LogP contribution in [0.25, 0.3) is 0 Å². The molecular weight excluding hydrogens is 441 g/mol. The van der Waals surface area contributed by atoms with Crippen molar-refractivity contribution in [2.45, 2.75) is 19.6 Å². The number of amides is 1. The zero-order valence-corrected chi connectivity index (χ0v) is 19.3. The van der Waals surface area contributed by atoms with E-state index in [0.717, 1.165) is 16.9 Å². The van der Waals surface area contributed by atoms with Gasteiger partial charge in [0.05, 0.1) is 34.0 Å². The molecule has 34 heavy (non-hydrogen) atoms. The van der Waals surface area contributed by atoms with Crippen molar-refractivity contribution in [1.82, 2.24) is 14.8 Å². The predicted molar refractivity (Wildman–Crippen MR) is 122 cm³/mol. The molecular formula is C25H28FN3O5. The minimum atomic E-state index is -0.288. The van der Waals surface area contributed by atoms with Gasteiger partial charge in [0.25, 0.3) is 5.91 Å². The van der Waals surface area contributed by atoms with E-state index in [9.17, 15) is 9.18 Å². The average molecular weight is 470 g/mol. The smallest absolute Gasteiger partial charge is 0.275 e. The average Bonchev–Trinajstić information content (AvgIpc) is 3.33. The SMILES string of the molecule is COc1ccc(OC)c(CN(Cc2ccc(F)cc2)Cc2nc(C(=O)N3CCOCC3)co2)c1. The van der Waals surface area contributed by atoms with Crippen LogP contribution in [0.2, 0.25) is 0 Å². The maximum absolute atomic E-state index is 13.4. The maximum atomic E-state index is 13.4. The lowest BCUT2D eigenvalue weighted by atomic mass is 10.1. The zero-order chi connectivity index (χ0) is 23.9. The topological polar surface area (TPSA) is 77.3 Å². The lowest BCUT2D eigenvalue weighted by Crippen LogP contribution is -2.40. The predicted octanol–water partition coefficient (Wildman–Crippen LogP) is 3.51. The second kappa shape index (κ2) is 11.1. The summed E-state index contributed by atoms with van der Waals surface area (Å²) < 4.78 is 35.3. The first kappa shape index (κ1) is 23.7. The van der Waals surface area contributed by atoms with E-state index in [4.69, 9.17) is 18.6 Å². The van der Waals surface area contributed by atoms with Gasteiger partial charge in [-0.1, -0.05) is 12.1 Å². The van der Waals surface area contributed by atoms with Crippen LogP contribution in [-0.2, 0) is 24.4 Å². The highest BCUT2D eigenvalue weighted by molar-refractivity contribution is 5.92. The van der Waals surface area contributed by atoms with Crippen molar-refractivity contribution in [2.24, 2.45) is 0 Å². The fourth-order valence-corrected chi connectivity index (χ4v) is 3.86. The van der Waals surface area contributed by atoms with Crippen LogP contribution in [0.5, 0.6) is 11.5 Å². The third-order valence-electron chi connectivity index (χ3n) is 5.63. The summed E-state index contributed by atoms with van der Waals surface area (Å²) >= 11 is 0. The van der Waals surface area contributed by atoms with Crippen LogP contribution in [0.3, 0.4) is 0 Å². The minimum absolute atomic E-state index is 0.169. The number of benzene rings is 2. The molecule has 0 spiro atoms. The van der Waals surface area contributed by atoms with E-state index in [1.54, 1.807) is 31.3 Å².